The van der Waals surface area contributed by atoms with Crippen LogP contribution in [0.3, 0.4) is 0 Å². The molecule has 2 N–H and O–H groups in total. The first kappa shape index (κ1) is 30.0. The molecule has 224 valence electrons. The number of hydrogen-bond acceptors (Lipinski definition) is 6. The third-order valence-corrected chi connectivity index (χ3v) is 9.24. The smallest absolute Gasteiger partial charge is 0.288 e. The van der Waals surface area contributed by atoms with Gasteiger partial charge < -0.3 is 0 Å². The molecule has 5 rings (SSSR count). The molecular weight excluding hydrogens is 587 g/mol. The maximum absolute atomic E-state index is 13.9. The second-order valence-electron chi connectivity index (χ2n) is 11.5. The van der Waals surface area contributed by atoms with Gasteiger partial charge in [0.1, 0.15) is 0 Å². The summed E-state index contributed by atoms with van der Waals surface area (Å²) in [7, 11) is -4.48. The zero-order valence-electron chi connectivity index (χ0n) is 23.9. The van der Waals surface area contributed by atoms with Crippen molar-refractivity contribution in [2.24, 2.45) is 0 Å². The topological polar surface area (TPSA) is 135 Å². The molecule has 0 saturated heterocycles. The molecule has 3 aromatic carbocycles. The van der Waals surface area contributed by atoms with Crippen molar-refractivity contribution >= 4 is 37.3 Å². The number of nitrogens with zero attached hydrogens (tertiary/aromatic N) is 1. The number of aromatic amines is 1. The van der Waals surface area contributed by atoms with E-state index in [1.54, 1.807) is 13.8 Å². The second kappa shape index (κ2) is 9.49. The molecule has 13 heteroatoms. The van der Waals surface area contributed by atoms with Gasteiger partial charge in [-0.1, -0.05) is 20.8 Å². The lowest BCUT2D eigenvalue weighted by Gasteiger charge is -2.29. The summed E-state index contributed by atoms with van der Waals surface area (Å²) >= 11 is 0. The van der Waals surface area contributed by atoms with E-state index in [0.717, 1.165) is 28.8 Å². The number of aromatic nitrogens is 2. The van der Waals surface area contributed by atoms with Crippen LogP contribution >= 0.6 is 0 Å². The Bertz CT molecular complexity index is 2230. The van der Waals surface area contributed by atoms with Gasteiger partial charge in [0.2, 0.25) is 0 Å². The fraction of sp³-hybridized carbons (Fsp3) is 0.267. The van der Waals surface area contributed by atoms with Crippen LogP contribution in [0.2, 0.25) is 0 Å². The number of rotatable bonds is 4. The predicted molar refractivity (Wildman–Crippen MR) is 158 cm³/mol. The van der Waals surface area contributed by atoms with E-state index in [1.807, 2.05) is 20.8 Å². The summed E-state index contributed by atoms with van der Waals surface area (Å²) in [6, 6.07) is 5.84. The SMILES string of the molecule is Cc1c(-n2c(=O)c3cc4c(=O)[nH]c(=O)c4cc3c2=O)c(C)c(S(=O)(=O)Nc2ccc(C(F)(F)F)cc2)c(C)c1C(C)(C)C. The molecule has 0 unspecified atom stereocenters. The Morgan fingerprint density at radius 1 is 0.744 bits per heavy atom. The van der Waals surface area contributed by atoms with E-state index in [4.69, 9.17) is 0 Å². The fourth-order valence-electron chi connectivity index (χ4n) is 6.08. The number of benzene rings is 3. The third kappa shape index (κ3) is 4.67. The lowest BCUT2D eigenvalue weighted by Crippen LogP contribution is -2.29. The summed E-state index contributed by atoms with van der Waals surface area (Å²) in [6.45, 7) is 10.2. The van der Waals surface area contributed by atoms with Crippen LogP contribution in [0, 0.1) is 20.8 Å². The highest BCUT2D eigenvalue weighted by Crippen LogP contribution is 2.39. The minimum atomic E-state index is -4.61. The Hall–Kier alpha value is -4.52. The predicted octanol–water partition coefficient (Wildman–Crippen LogP) is 4.47. The molecule has 0 bridgehead atoms. The number of sulfonamides is 1. The number of halogens is 3. The molecule has 0 aliphatic heterocycles. The number of alkyl halides is 3. The summed E-state index contributed by atoms with van der Waals surface area (Å²) < 4.78 is 70.1. The van der Waals surface area contributed by atoms with Crippen LogP contribution in [-0.2, 0) is 21.6 Å². The number of H-pyrrole nitrogens is 1. The van der Waals surface area contributed by atoms with Crippen molar-refractivity contribution in [3.8, 4) is 5.69 Å². The van der Waals surface area contributed by atoms with Crippen molar-refractivity contribution in [2.45, 2.75) is 58.0 Å². The van der Waals surface area contributed by atoms with Crippen LogP contribution in [0.5, 0.6) is 0 Å². The fourth-order valence-corrected chi connectivity index (χ4v) is 7.64. The van der Waals surface area contributed by atoms with Crippen LogP contribution < -0.4 is 27.0 Å². The first-order valence-electron chi connectivity index (χ1n) is 13.0. The molecule has 0 amide bonds. The van der Waals surface area contributed by atoms with Gasteiger partial charge in [0.25, 0.3) is 32.3 Å². The van der Waals surface area contributed by atoms with Gasteiger partial charge in [-0.25, -0.2) is 13.0 Å². The zero-order chi connectivity index (χ0) is 32.0. The summed E-state index contributed by atoms with van der Waals surface area (Å²) in [5, 5.41) is -0.331. The standard InChI is InChI=1S/C30H26F3N3O6S/c1-13-22(29(4,5)6)14(2)24(43(41,42)35-17-9-7-16(8-10-17)30(31,32)33)15(3)23(13)36-27(39)20-11-18-19(12-21(20)28(36)40)26(38)34-25(18)37/h7-12,35H,1-6H3,(H,34,37,38). The lowest BCUT2D eigenvalue weighted by molar-refractivity contribution is -0.137. The van der Waals surface area contributed by atoms with Crippen LogP contribution in [0.15, 0.2) is 60.5 Å². The molecule has 0 radical (unpaired) electrons. The molecule has 0 aliphatic rings. The highest BCUT2D eigenvalue weighted by Gasteiger charge is 2.33. The van der Waals surface area contributed by atoms with Crippen LogP contribution in [0.1, 0.15) is 48.6 Å². The molecule has 9 nitrogen and oxygen atoms in total. The average Bonchev–Trinajstić information content (AvgIpc) is 3.28. The Labute approximate surface area is 242 Å². The number of hydrogen-bond donors (Lipinski definition) is 2. The largest absolute Gasteiger partial charge is 0.416 e. The van der Waals surface area contributed by atoms with Crippen molar-refractivity contribution in [3.63, 3.8) is 0 Å². The molecule has 2 heterocycles. The molecule has 2 aromatic heterocycles. The Morgan fingerprint density at radius 2 is 1.23 bits per heavy atom. The third-order valence-electron chi connectivity index (χ3n) is 7.59. The highest BCUT2D eigenvalue weighted by molar-refractivity contribution is 7.92. The minimum Gasteiger partial charge on any atom is -0.288 e. The van der Waals surface area contributed by atoms with Crippen LogP contribution in [-0.4, -0.2) is 18.0 Å². The van der Waals surface area contributed by atoms with Crippen molar-refractivity contribution in [2.75, 3.05) is 4.72 Å². The first-order chi connectivity index (χ1) is 19.8. The van der Waals surface area contributed by atoms with E-state index >= 15 is 0 Å². The summed E-state index contributed by atoms with van der Waals surface area (Å²) in [4.78, 5) is 53.8. The van der Waals surface area contributed by atoms with Crippen molar-refractivity contribution in [1.29, 1.82) is 0 Å². The van der Waals surface area contributed by atoms with Crippen molar-refractivity contribution < 1.29 is 21.6 Å². The molecule has 0 spiro atoms. The zero-order valence-corrected chi connectivity index (χ0v) is 24.7. The Kier molecular flexibility index (Phi) is 6.61. The van der Waals surface area contributed by atoms with E-state index in [0.29, 0.717) is 16.7 Å². The van der Waals surface area contributed by atoms with Crippen LogP contribution in [0.4, 0.5) is 18.9 Å². The van der Waals surface area contributed by atoms with Gasteiger partial charge in [-0.2, -0.15) is 13.2 Å². The molecule has 0 aliphatic carbocycles. The normalized spacial score (nSPS) is 12.9. The summed E-state index contributed by atoms with van der Waals surface area (Å²) in [5.41, 5.74) is -3.36. The number of anilines is 1. The van der Waals surface area contributed by atoms with Gasteiger partial charge in [-0.05, 0) is 84.8 Å². The van der Waals surface area contributed by atoms with Gasteiger partial charge in [0.15, 0.2) is 0 Å². The molecule has 0 fully saturated rings. The summed E-state index contributed by atoms with van der Waals surface area (Å²) in [6.07, 6.45) is -4.61. The van der Waals surface area contributed by atoms with Gasteiger partial charge in [-0.3, -0.25) is 28.9 Å². The Balaban J connectivity index is 1.82. The van der Waals surface area contributed by atoms with E-state index in [2.05, 4.69) is 9.71 Å². The van der Waals surface area contributed by atoms with E-state index < -0.39 is 49.4 Å². The Morgan fingerprint density at radius 3 is 1.67 bits per heavy atom. The van der Waals surface area contributed by atoms with Gasteiger partial charge in [0, 0.05) is 5.69 Å². The van der Waals surface area contributed by atoms with Gasteiger partial charge in [-0.15, -0.1) is 0 Å². The minimum absolute atomic E-state index is 0.0189. The first-order valence-corrected chi connectivity index (χ1v) is 14.5. The number of nitrogens with one attached hydrogen (secondary N) is 2. The lowest BCUT2D eigenvalue weighted by atomic mass is 9.79. The van der Waals surface area contributed by atoms with Gasteiger partial charge >= 0.3 is 6.18 Å². The average molecular weight is 614 g/mol. The maximum Gasteiger partial charge on any atom is 0.416 e. The highest BCUT2D eigenvalue weighted by atomic mass is 32.2. The van der Waals surface area contributed by atoms with E-state index in [-0.39, 0.29) is 43.4 Å². The molecule has 43 heavy (non-hydrogen) atoms. The molecule has 5 aromatic rings. The van der Waals surface area contributed by atoms with Crippen LogP contribution in [0.25, 0.3) is 27.2 Å². The number of fused-ring (bicyclic) bond motifs is 2. The van der Waals surface area contributed by atoms with Crippen molar-refractivity contribution in [1.82, 2.24) is 9.55 Å². The quantitative estimate of drug-likeness (QED) is 0.307. The molecular formula is C30H26F3N3O6S. The van der Waals surface area contributed by atoms with Gasteiger partial charge in [0.05, 0.1) is 37.7 Å². The molecule has 0 atom stereocenters. The maximum atomic E-state index is 13.9. The second-order valence-corrected chi connectivity index (χ2v) is 13.1. The summed E-state index contributed by atoms with van der Waals surface area (Å²) in [5.74, 6) is 0. The molecule has 0 saturated carbocycles. The van der Waals surface area contributed by atoms with E-state index in [1.165, 1.54) is 19.1 Å². The van der Waals surface area contributed by atoms with E-state index in [9.17, 15) is 40.8 Å². The monoisotopic (exact) mass is 613 g/mol. The van der Waals surface area contributed by atoms with Crippen molar-refractivity contribution in [3.05, 3.63) is 106 Å².